The van der Waals surface area contributed by atoms with Crippen LogP contribution < -0.4 is 10.5 Å². The number of aryl methyl sites for hydroxylation is 1. The molecule has 3 rings (SSSR count). The number of rotatable bonds is 6. The number of aliphatic imine (C=N–C) groups is 1. The average Bonchev–Trinajstić information content (AvgIpc) is 3.07. The van der Waals surface area contributed by atoms with Gasteiger partial charge in [0, 0.05) is 38.0 Å². The van der Waals surface area contributed by atoms with Gasteiger partial charge in [0.1, 0.15) is 11.4 Å². The van der Waals surface area contributed by atoms with E-state index in [-0.39, 0.29) is 10.6 Å². The number of H-pyrrole nitrogens is 1. The number of nitrogens with one attached hydrogen (secondary N) is 1. The number of piperazine rings is 1. The van der Waals surface area contributed by atoms with Crippen LogP contribution >= 0.6 is 0 Å². The molecule has 0 radical (unpaired) electrons. The number of amides is 1. The highest BCUT2D eigenvalue weighted by Gasteiger charge is 2.28. The molecule has 0 bridgehead atoms. The topological polar surface area (TPSA) is 134 Å². The molecule has 0 aliphatic carbocycles. The van der Waals surface area contributed by atoms with Crippen LogP contribution in [0.25, 0.3) is 0 Å². The van der Waals surface area contributed by atoms with Gasteiger partial charge >= 0.3 is 0 Å². The van der Waals surface area contributed by atoms with Crippen molar-refractivity contribution in [2.24, 2.45) is 10.7 Å². The third-order valence-electron chi connectivity index (χ3n) is 4.78. The second-order valence-corrected chi connectivity index (χ2v) is 8.72. The summed E-state index contributed by atoms with van der Waals surface area (Å²) >= 11 is 0. The Morgan fingerprint density at radius 2 is 2.00 bits per heavy atom. The van der Waals surface area contributed by atoms with Crippen LogP contribution in [0.2, 0.25) is 0 Å². The molecule has 1 aliphatic rings. The lowest BCUT2D eigenvalue weighted by molar-refractivity contribution is 0.0996. The predicted molar refractivity (Wildman–Crippen MR) is 108 cm³/mol. The molecule has 2 aromatic rings. The van der Waals surface area contributed by atoms with Crippen LogP contribution in [0.3, 0.4) is 0 Å². The average molecular weight is 420 g/mol. The summed E-state index contributed by atoms with van der Waals surface area (Å²) in [6.45, 7) is 3.94. The Hall–Kier alpha value is -2.76. The zero-order valence-corrected chi connectivity index (χ0v) is 17.4. The maximum absolute atomic E-state index is 13.0. The van der Waals surface area contributed by atoms with Crippen molar-refractivity contribution in [1.82, 2.24) is 19.4 Å². The van der Waals surface area contributed by atoms with E-state index >= 15 is 0 Å². The zero-order valence-electron chi connectivity index (χ0n) is 16.5. The Morgan fingerprint density at radius 3 is 2.62 bits per heavy atom. The molecule has 0 saturated carbocycles. The number of carbonyl (C=O) groups excluding carboxylic acids is 1. The summed E-state index contributed by atoms with van der Waals surface area (Å²) in [5, 5.41) is 6.51. The van der Waals surface area contributed by atoms with Crippen molar-refractivity contribution in [3.8, 4) is 5.75 Å². The number of hydrogen-bond donors (Lipinski definition) is 2. The van der Waals surface area contributed by atoms with Gasteiger partial charge in [-0.15, -0.1) is 0 Å². The summed E-state index contributed by atoms with van der Waals surface area (Å²) in [6, 6.07) is 4.61. The first-order valence-corrected chi connectivity index (χ1v) is 10.4. The highest BCUT2D eigenvalue weighted by Crippen LogP contribution is 2.26. The van der Waals surface area contributed by atoms with Crippen LogP contribution in [0.15, 0.2) is 28.1 Å². The van der Waals surface area contributed by atoms with Crippen LogP contribution in [0, 0.1) is 6.92 Å². The Labute approximate surface area is 169 Å². The van der Waals surface area contributed by atoms with Crippen LogP contribution in [0.5, 0.6) is 5.75 Å². The van der Waals surface area contributed by atoms with Crippen molar-refractivity contribution >= 4 is 27.8 Å². The smallest absolute Gasteiger partial charge is 0.271 e. The van der Waals surface area contributed by atoms with E-state index in [2.05, 4.69) is 20.1 Å². The second kappa shape index (κ2) is 8.31. The lowest BCUT2D eigenvalue weighted by Crippen LogP contribution is -2.47. The summed E-state index contributed by atoms with van der Waals surface area (Å²) in [6.07, 6.45) is 1.44. The van der Waals surface area contributed by atoms with Gasteiger partial charge in [0.25, 0.3) is 5.91 Å². The second-order valence-electron chi connectivity index (χ2n) is 6.78. The number of nitrogens with zero attached hydrogens (tertiary/aromatic N) is 4. The summed E-state index contributed by atoms with van der Waals surface area (Å²) in [7, 11) is -0.190. The molecule has 1 amide bonds. The van der Waals surface area contributed by atoms with E-state index in [0.29, 0.717) is 48.9 Å². The zero-order chi connectivity index (χ0) is 21.2. The van der Waals surface area contributed by atoms with Gasteiger partial charge < -0.3 is 15.4 Å². The lowest BCUT2D eigenvalue weighted by Gasteiger charge is -2.31. The number of nitrogens with two attached hydrogens (primary N) is 1. The monoisotopic (exact) mass is 420 g/mol. The Kier molecular flexibility index (Phi) is 6.01. The van der Waals surface area contributed by atoms with Gasteiger partial charge in [-0.1, -0.05) is 0 Å². The highest BCUT2D eigenvalue weighted by molar-refractivity contribution is 7.89. The van der Waals surface area contributed by atoms with Gasteiger partial charge in [-0.25, -0.2) is 8.42 Å². The molecule has 1 aromatic heterocycles. The van der Waals surface area contributed by atoms with Crippen molar-refractivity contribution in [3.05, 3.63) is 35.2 Å². The number of aromatic amines is 1. The third-order valence-corrected chi connectivity index (χ3v) is 6.68. The number of benzene rings is 1. The number of likely N-dealkylation sites (N-methyl/N-ethyl adjacent to an activating group) is 1. The fourth-order valence-electron chi connectivity index (χ4n) is 3.04. The maximum Gasteiger partial charge on any atom is 0.271 e. The molecule has 0 atom stereocenters. The summed E-state index contributed by atoms with van der Waals surface area (Å²) in [5.41, 5.74) is 6.65. The molecule has 3 N–H and O–H groups in total. The van der Waals surface area contributed by atoms with Crippen molar-refractivity contribution in [1.29, 1.82) is 0 Å². The molecule has 10 nitrogen and oxygen atoms in total. The molecule has 156 valence electrons. The van der Waals surface area contributed by atoms with Crippen LogP contribution in [0.4, 0.5) is 5.69 Å². The van der Waals surface area contributed by atoms with E-state index in [9.17, 15) is 13.2 Å². The first kappa shape index (κ1) is 21.0. The largest absolute Gasteiger partial charge is 0.496 e. The minimum atomic E-state index is -3.64. The summed E-state index contributed by atoms with van der Waals surface area (Å²) in [4.78, 5) is 18.0. The SMILES string of the molecule is COc1ccc(S(=O)(=O)N2CCN(C)CC2)cc1C=Nc1c(C(N)=O)n[nH]c1C. The Morgan fingerprint density at radius 1 is 1.31 bits per heavy atom. The quantitative estimate of drug-likeness (QED) is 0.654. The molecule has 1 aliphatic heterocycles. The van der Waals surface area contributed by atoms with E-state index in [0.717, 1.165) is 0 Å². The van der Waals surface area contributed by atoms with Crippen LogP contribution in [0.1, 0.15) is 21.7 Å². The Balaban J connectivity index is 1.96. The van der Waals surface area contributed by atoms with E-state index < -0.39 is 15.9 Å². The Bertz CT molecular complexity index is 1040. The van der Waals surface area contributed by atoms with E-state index in [4.69, 9.17) is 10.5 Å². The molecule has 0 unspecified atom stereocenters. The third kappa shape index (κ3) is 4.31. The number of methoxy groups -OCH3 is 1. The van der Waals surface area contributed by atoms with E-state index in [1.54, 1.807) is 13.0 Å². The van der Waals surface area contributed by atoms with Gasteiger partial charge in [0.15, 0.2) is 5.69 Å². The predicted octanol–water partition coefficient (Wildman–Crippen LogP) is 0.512. The van der Waals surface area contributed by atoms with Gasteiger partial charge in [-0.3, -0.25) is 14.9 Å². The molecule has 11 heteroatoms. The standard InChI is InChI=1S/C18H24N6O4S/c1-12-16(17(18(19)25)22-21-12)20-11-13-10-14(4-5-15(13)28-3)29(26,27)24-8-6-23(2)7-9-24/h4-5,10-11H,6-9H2,1-3H3,(H2,19,25)(H,21,22). The minimum Gasteiger partial charge on any atom is -0.496 e. The number of sulfonamides is 1. The van der Waals surface area contributed by atoms with Crippen molar-refractivity contribution in [2.45, 2.75) is 11.8 Å². The number of aromatic nitrogens is 2. The molecule has 29 heavy (non-hydrogen) atoms. The minimum absolute atomic E-state index is 0.0129. The maximum atomic E-state index is 13.0. The van der Waals surface area contributed by atoms with Crippen molar-refractivity contribution in [2.75, 3.05) is 40.3 Å². The van der Waals surface area contributed by atoms with Crippen molar-refractivity contribution in [3.63, 3.8) is 0 Å². The van der Waals surface area contributed by atoms with Gasteiger partial charge in [-0.05, 0) is 32.2 Å². The van der Waals surface area contributed by atoms with E-state index in [1.807, 2.05) is 7.05 Å². The fourth-order valence-corrected chi connectivity index (χ4v) is 4.50. The molecular formula is C18H24N6O4S. The fraction of sp³-hybridized carbons (Fsp3) is 0.389. The molecule has 1 fully saturated rings. The molecule has 1 saturated heterocycles. The highest BCUT2D eigenvalue weighted by atomic mass is 32.2. The first-order valence-electron chi connectivity index (χ1n) is 8.99. The van der Waals surface area contributed by atoms with Gasteiger partial charge in [0.2, 0.25) is 10.0 Å². The summed E-state index contributed by atoms with van der Waals surface area (Å²) in [5.74, 6) is -0.257. The van der Waals surface area contributed by atoms with E-state index in [1.165, 1.54) is 29.8 Å². The molecule has 2 heterocycles. The number of primary amides is 1. The molecule has 0 spiro atoms. The van der Waals surface area contributed by atoms with Crippen molar-refractivity contribution < 1.29 is 17.9 Å². The summed E-state index contributed by atoms with van der Waals surface area (Å²) < 4.78 is 32.8. The normalized spacial score (nSPS) is 16.4. The number of carbonyl (C=O) groups is 1. The van der Waals surface area contributed by atoms with Gasteiger partial charge in [-0.2, -0.15) is 9.40 Å². The number of ether oxygens (including phenoxy) is 1. The van der Waals surface area contributed by atoms with Crippen LogP contribution in [-0.4, -0.2) is 80.3 Å². The lowest BCUT2D eigenvalue weighted by atomic mass is 10.2. The van der Waals surface area contributed by atoms with Crippen LogP contribution in [-0.2, 0) is 10.0 Å². The first-order chi connectivity index (χ1) is 13.7. The molecule has 1 aromatic carbocycles. The molecular weight excluding hydrogens is 396 g/mol. The number of hydrogen-bond acceptors (Lipinski definition) is 7. The van der Waals surface area contributed by atoms with Gasteiger partial charge in [0.05, 0.1) is 17.7 Å².